The maximum absolute atomic E-state index is 10.7. The first-order valence-electron chi connectivity index (χ1n) is 5.22. The van der Waals surface area contributed by atoms with Crippen molar-refractivity contribution in [2.24, 2.45) is 5.92 Å². The fourth-order valence-corrected chi connectivity index (χ4v) is 2.11. The average Bonchev–Trinajstić information content (AvgIpc) is 2.62. The fourth-order valence-electron chi connectivity index (χ4n) is 2.11. The second kappa shape index (κ2) is 4.75. The second-order valence-corrected chi connectivity index (χ2v) is 3.96. The highest BCUT2D eigenvalue weighted by atomic mass is 16.4. The number of aliphatic hydroxyl groups is 1. The summed E-state index contributed by atoms with van der Waals surface area (Å²) in [5.41, 5.74) is 0. The van der Waals surface area contributed by atoms with Gasteiger partial charge in [-0.2, -0.15) is 0 Å². The third kappa shape index (κ3) is 2.25. The molecule has 1 aliphatic heterocycles. The molecule has 1 rings (SSSR count). The Kier molecular flexibility index (Phi) is 3.89. The quantitative estimate of drug-likeness (QED) is 0.697. The van der Waals surface area contributed by atoms with Crippen molar-refractivity contribution in [3.63, 3.8) is 0 Å². The summed E-state index contributed by atoms with van der Waals surface area (Å²) in [6.07, 6.45) is 1.23. The molecular weight excluding hydrogens is 182 g/mol. The number of carboxylic acids is 1. The number of carboxylic acid groups (broad SMARTS) is 1. The number of hydrogen-bond donors (Lipinski definition) is 2. The number of likely N-dealkylation sites (tertiary alicyclic amines) is 1. The minimum Gasteiger partial charge on any atom is -0.481 e. The molecule has 1 heterocycles. The van der Waals surface area contributed by atoms with E-state index in [9.17, 15) is 9.90 Å². The normalized spacial score (nSPS) is 27.5. The van der Waals surface area contributed by atoms with E-state index < -0.39 is 18.0 Å². The SMILES string of the molecule is CCN1CCCC1C(O)C(C)C(=O)O. The zero-order valence-corrected chi connectivity index (χ0v) is 8.81. The number of nitrogens with zero attached hydrogens (tertiary/aromatic N) is 1. The molecule has 14 heavy (non-hydrogen) atoms. The molecule has 3 atom stereocenters. The lowest BCUT2D eigenvalue weighted by molar-refractivity contribution is -0.146. The van der Waals surface area contributed by atoms with Crippen molar-refractivity contribution in [1.29, 1.82) is 0 Å². The van der Waals surface area contributed by atoms with Crippen LogP contribution in [0.1, 0.15) is 26.7 Å². The number of hydrogen-bond acceptors (Lipinski definition) is 3. The molecule has 0 aliphatic carbocycles. The summed E-state index contributed by atoms with van der Waals surface area (Å²) in [7, 11) is 0. The van der Waals surface area contributed by atoms with Gasteiger partial charge < -0.3 is 10.2 Å². The molecule has 0 spiro atoms. The molecule has 2 N–H and O–H groups in total. The Morgan fingerprint density at radius 1 is 1.64 bits per heavy atom. The van der Waals surface area contributed by atoms with Crippen LogP contribution in [0, 0.1) is 5.92 Å². The second-order valence-electron chi connectivity index (χ2n) is 3.96. The van der Waals surface area contributed by atoms with Gasteiger partial charge in [0.05, 0.1) is 12.0 Å². The molecule has 0 aromatic carbocycles. The third-order valence-corrected chi connectivity index (χ3v) is 3.12. The average molecular weight is 201 g/mol. The largest absolute Gasteiger partial charge is 0.481 e. The molecule has 0 aromatic heterocycles. The van der Waals surface area contributed by atoms with E-state index in [4.69, 9.17) is 5.11 Å². The Balaban J connectivity index is 2.58. The zero-order chi connectivity index (χ0) is 10.7. The maximum Gasteiger partial charge on any atom is 0.308 e. The summed E-state index contributed by atoms with van der Waals surface area (Å²) in [5, 5.41) is 18.7. The van der Waals surface area contributed by atoms with E-state index in [-0.39, 0.29) is 6.04 Å². The minimum atomic E-state index is -0.916. The number of carbonyl (C=O) groups is 1. The van der Waals surface area contributed by atoms with Crippen molar-refractivity contribution in [1.82, 2.24) is 4.90 Å². The molecule has 0 radical (unpaired) electrons. The molecule has 0 aromatic rings. The highest BCUT2D eigenvalue weighted by Gasteiger charge is 2.35. The lowest BCUT2D eigenvalue weighted by atomic mass is 9.96. The van der Waals surface area contributed by atoms with Crippen LogP contribution in [0.15, 0.2) is 0 Å². The van der Waals surface area contributed by atoms with Crippen molar-refractivity contribution >= 4 is 5.97 Å². The van der Waals surface area contributed by atoms with Crippen molar-refractivity contribution < 1.29 is 15.0 Å². The molecule has 1 saturated heterocycles. The Bertz CT molecular complexity index is 208. The number of likely N-dealkylation sites (N-methyl/N-ethyl adjacent to an activating group) is 1. The van der Waals surface area contributed by atoms with Gasteiger partial charge in [0.2, 0.25) is 0 Å². The molecule has 4 nitrogen and oxygen atoms in total. The van der Waals surface area contributed by atoms with Gasteiger partial charge in [-0.3, -0.25) is 9.69 Å². The van der Waals surface area contributed by atoms with Crippen LogP contribution >= 0.6 is 0 Å². The lowest BCUT2D eigenvalue weighted by Gasteiger charge is -2.29. The lowest BCUT2D eigenvalue weighted by Crippen LogP contribution is -2.44. The molecular formula is C10H19NO3. The van der Waals surface area contributed by atoms with Crippen molar-refractivity contribution in [3.05, 3.63) is 0 Å². The van der Waals surface area contributed by atoms with Crippen LogP contribution in [-0.4, -0.2) is 46.3 Å². The topological polar surface area (TPSA) is 60.8 Å². The van der Waals surface area contributed by atoms with E-state index >= 15 is 0 Å². The highest BCUT2D eigenvalue weighted by molar-refractivity contribution is 5.70. The maximum atomic E-state index is 10.7. The number of aliphatic hydroxyl groups excluding tert-OH is 1. The summed E-state index contributed by atoms with van der Waals surface area (Å²) >= 11 is 0. The van der Waals surface area contributed by atoms with Crippen LogP contribution in [0.25, 0.3) is 0 Å². The van der Waals surface area contributed by atoms with Crippen LogP contribution in [0.2, 0.25) is 0 Å². The summed E-state index contributed by atoms with van der Waals surface area (Å²) in [5.74, 6) is -1.59. The van der Waals surface area contributed by atoms with Gasteiger partial charge >= 0.3 is 5.97 Å². The minimum absolute atomic E-state index is 0.0334. The van der Waals surface area contributed by atoms with Crippen LogP contribution in [0.5, 0.6) is 0 Å². The highest BCUT2D eigenvalue weighted by Crippen LogP contribution is 2.23. The Labute approximate surface area is 84.5 Å². The molecule has 1 aliphatic rings. The first-order chi connectivity index (χ1) is 6.57. The fraction of sp³-hybridized carbons (Fsp3) is 0.900. The molecule has 1 fully saturated rings. The van der Waals surface area contributed by atoms with Gasteiger partial charge in [0.1, 0.15) is 0 Å². The monoisotopic (exact) mass is 201 g/mol. The van der Waals surface area contributed by atoms with Gasteiger partial charge in [0.25, 0.3) is 0 Å². The Hall–Kier alpha value is -0.610. The van der Waals surface area contributed by atoms with Crippen LogP contribution in [-0.2, 0) is 4.79 Å². The number of rotatable bonds is 4. The summed E-state index contributed by atoms with van der Waals surface area (Å²) < 4.78 is 0. The molecule has 0 saturated carbocycles. The molecule has 0 amide bonds. The first kappa shape index (κ1) is 11.5. The predicted molar refractivity (Wildman–Crippen MR) is 53.1 cm³/mol. The molecule has 4 heteroatoms. The molecule has 0 bridgehead atoms. The Morgan fingerprint density at radius 2 is 2.29 bits per heavy atom. The van der Waals surface area contributed by atoms with E-state index in [1.807, 2.05) is 6.92 Å². The van der Waals surface area contributed by atoms with Crippen molar-refractivity contribution in [2.75, 3.05) is 13.1 Å². The third-order valence-electron chi connectivity index (χ3n) is 3.12. The summed E-state index contributed by atoms with van der Waals surface area (Å²) in [6.45, 7) is 5.47. The van der Waals surface area contributed by atoms with Gasteiger partial charge in [-0.25, -0.2) is 0 Å². The molecule has 3 unspecified atom stereocenters. The van der Waals surface area contributed by atoms with Crippen LogP contribution < -0.4 is 0 Å². The summed E-state index contributed by atoms with van der Waals surface area (Å²) in [4.78, 5) is 12.9. The van der Waals surface area contributed by atoms with Crippen LogP contribution in [0.4, 0.5) is 0 Å². The Morgan fingerprint density at radius 3 is 2.79 bits per heavy atom. The van der Waals surface area contributed by atoms with E-state index in [2.05, 4.69) is 4.90 Å². The van der Waals surface area contributed by atoms with Gasteiger partial charge in [0, 0.05) is 6.04 Å². The van der Waals surface area contributed by atoms with Gasteiger partial charge in [-0.05, 0) is 32.9 Å². The smallest absolute Gasteiger partial charge is 0.308 e. The van der Waals surface area contributed by atoms with E-state index in [1.165, 1.54) is 0 Å². The first-order valence-corrected chi connectivity index (χ1v) is 5.22. The van der Waals surface area contributed by atoms with Gasteiger partial charge in [0.15, 0.2) is 0 Å². The van der Waals surface area contributed by atoms with Gasteiger partial charge in [-0.1, -0.05) is 6.92 Å². The summed E-state index contributed by atoms with van der Waals surface area (Å²) in [6, 6.07) is 0.0334. The predicted octanol–water partition coefficient (Wildman–Crippen LogP) is 0.552. The van der Waals surface area contributed by atoms with E-state index in [1.54, 1.807) is 6.92 Å². The van der Waals surface area contributed by atoms with Gasteiger partial charge in [-0.15, -0.1) is 0 Å². The standard InChI is InChI=1S/C10H19NO3/c1-3-11-6-4-5-8(11)9(12)7(2)10(13)14/h7-9,12H,3-6H2,1-2H3,(H,13,14). The molecule has 82 valence electrons. The number of aliphatic carboxylic acids is 1. The van der Waals surface area contributed by atoms with Crippen molar-refractivity contribution in [2.45, 2.75) is 38.8 Å². The van der Waals surface area contributed by atoms with Crippen LogP contribution in [0.3, 0.4) is 0 Å². The van der Waals surface area contributed by atoms with E-state index in [0.29, 0.717) is 0 Å². The van der Waals surface area contributed by atoms with E-state index in [0.717, 1.165) is 25.9 Å². The zero-order valence-electron chi connectivity index (χ0n) is 8.81. The van der Waals surface area contributed by atoms with Crippen molar-refractivity contribution in [3.8, 4) is 0 Å².